The minimum Gasteiger partial charge on any atom is -0.383 e. The molecule has 1 aromatic rings. The van der Waals surface area contributed by atoms with Crippen molar-refractivity contribution in [3.8, 4) is 0 Å². The monoisotopic (exact) mass is 235 g/mol. The minimum absolute atomic E-state index is 0.134. The molecule has 17 heavy (non-hydrogen) atoms. The highest BCUT2D eigenvalue weighted by molar-refractivity contribution is 5.51. The second kappa shape index (κ2) is 5.14. The highest BCUT2D eigenvalue weighted by atomic mass is 16.6. The molecule has 1 atom stereocenters. The summed E-state index contributed by atoms with van der Waals surface area (Å²) in [4.78, 5) is 12.6. The fourth-order valence-electron chi connectivity index (χ4n) is 2.20. The maximum absolute atomic E-state index is 10.6. The van der Waals surface area contributed by atoms with Gasteiger partial charge in [-0.1, -0.05) is 6.07 Å². The van der Waals surface area contributed by atoms with Crippen LogP contribution >= 0.6 is 0 Å². The van der Waals surface area contributed by atoms with E-state index in [4.69, 9.17) is 0 Å². The summed E-state index contributed by atoms with van der Waals surface area (Å²) in [6.45, 7) is 1.99. The second-order valence-electron chi connectivity index (χ2n) is 4.46. The van der Waals surface area contributed by atoms with E-state index in [-0.39, 0.29) is 10.6 Å². The van der Waals surface area contributed by atoms with Gasteiger partial charge in [0.2, 0.25) is 0 Å². The number of nitro groups is 1. The Morgan fingerprint density at radius 3 is 3.06 bits per heavy atom. The first-order valence-corrected chi connectivity index (χ1v) is 5.85. The Hall–Kier alpha value is -1.62. The number of likely N-dealkylation sites (N-methyl/N-ethyl adjacent to an activating group) is 1. The summed E-state index contributed by atoms with van der Waals surface area (Å²) in [5.41, 5.74) is 0.953. The molecule has 0 spiro atoms. The Kier molecular flexibility index (Phi) is 3.58. The zero-order chi connectivity index (χ0) is 12.3. The first-order valence-electron chi connectivity index (χ1n) is 5.85. The quantitative estimate of drug-likeness (QED) is 0.641. The third-order valence-corrected chi connectivity index (χ3v) is 3.27. The van der Waals surface area contributed by atoms with Crippen molar-refractivity contribution in [3.05, 3.63) is 34.4 Å². The highest BCUT2D eigenvalue weighted by Gasteiger charge is 2.20. The van der Waals surface area contributed by atoms with E-state index in [0.717, 1.165) is 18.8 Å². The molecule has 1 unspecified atom stereocenters. The Bertz CT molecular complexity index is 408. The molecule has 0 aromatic heterocycles. The van der Waals surface area contributed by atoms with Gasteiger partial charge in [-0.25, -0.2) is 0 Å². The van der Waals surface area contributed by atoms with Gasteiger partial charge in [0.1, 0.15) is 0 Å². The predicted octanol–water partition coefficient (Wildman–Crippen LogP) is 2.10. The first kappa shape index (κ1) is 11.9. The minimum atomic E-state index is -0.368. The third kappa shape index (κ3) is 2.94. The Morgan fingerprint density at radius 2 is 2.41 bits per heavy atom. The summed E-state index contributed by atoms with van der Waals surface area (Å²) in [5.74, 6) is 0. The standard InChI is InChI=1S/C12H17N3O2/c1-14-7-3-6-12(14)9-13-10-4-2-5-11(8-10)15(16)17/h2,4-5,8,12-13H,3,6-7,9H2,1H3. The normalized spacial score (nSPS) is 20.4. The van der Waals surface area contributed by atoms with Crippen molar-refractivity contribution in [2.45, 2.75) is 18.9 Å². The van der Waals surface area contributed by atoms with Gasteiger partial charge in [-0.05, 0) is 32.5 Å². The van der Waals surface area contributed by atoms with Crippen LogP contribution in [0.15, 0.2) is 24.3 Å². The third-order valence-electron chi connectivity index (χ3n) is 3.27. The lowest BCUT2D eigenvalue weighted by Crippen LogP contribution is -2.31. The van der Waals surface area contributed by atoms with Gasteiger partial charge < -0.3 is 10.2 Å². The maximum Gasteiger partial charge on any atom is 0.271 e. The molecular weight excluding hydrogens is 218 g/mol. The van der Waals surface area contributed by atoms with E-state index < -0.39 is 0 Å². The Labute approximate surface area is 101 Å². The fraction of sp³-hybridized carbons (Fsp3) is 0.500. The van der Waals surface area contributed by atoms with Gasteiger partial charge in [0.05, 0.1) is 4.92 Å². The van der Waals surface area contributed by atoms with E-state index in [1.54, 1.807) is 12.1 Å². The van der Waals surface area contributed by atoms with Gasteiger partial charge in [-0.3, -0.25) is 10.1 Å². The molecule has 0 radical (unpaired) electrons. The lowest BCUT2D eigenvalue weighted by Gasteiger charge is -2.20. The highest BCUT2D eigenvalue weighted by Crippen LogP contribution is 2.19. The van der Waals surface area contributed by atoms with Crippen molar-refractivity contribution in [1.82, 2.24) is 4.90 Å². The van der Waals surface area contributed by atoms with Crippen molar-refractivity contribution in [3.63, 3.8) is 0 Å². The van der Waals surface area contributed by atoms with Crippen LogP contribution in [-0.4, -0.2) is 36.0 Å². The lowest BCUT2D eigenvalue weighted by atomic mass is 10.2. The SMILES string of the molecule is CN1CCCC1CNc1cccc([N+](=O)[O-])c1. The van der Waals surface area contributed by atoms with Crippen molar-refractivity contribution in [2.75, 3.05) is 25.5 Å². The molecule has 1 N–H and O–H groups in total. The Balaban J connectivity index is 1.94. The van der Waals surface area contributed by atoms with Crippen LogP contribution < -0.4 is 5.32 Å². The number of hydrogen-bond donors (Lipinski definition) is 1. The lowest BCUT2D eigenvalue weighted by molar-refractivity contribution is -0.384. The average Bonchev–Trinajstić information content (AvgIpc) is 2.72. The van der Waals surface area contributed by atoms with E-state index in [9.17, 15) is 10.1 Å². The number of nitro benzene ring substituents is 1. The summed E-state index contributed by atoms with van der Waals surface area (Å²) in [6.07, 6.45) is 2.43. The zero-order valence-electron chi connectivity index (χ0n) is 9.93. The molecule has 1 heterocycles. The molecule has 0 aliphatic carbocycles. The molecule has 1 aliphatic rings. The van der Waals surface area contributed by atoms with Gasteiger partial charge in [-0.15, -0.1) is 0 Å². The van der Waals surface area contributed by atoms with E-state index in [2.05, 4.69) is 17.3 Å². The summed E-state index contributed by atoms with van der Waals surface area (Å²) in [6, 6.07) is 7.19. The number of nitrogens with zero attached hydrogens (tertiary/aromatic N) is 2. The molecule has 0 amide bonds. The van der Waals surface area contributed by atoms with E-state index in [0.29, 0.717) is 6.04 Å². The van der Waals surface area contributed by atoms with Crippen LogP contribution in [0.2, 0.25) is 0 Å². The topological polar surface area (TPSA) is 58.4 Å². The predicted molar refractivity (Wildman–Crippen MR) is 67.2 cm³/mol. The van der Waals surface area contributed by atoms with Gasteiger partial charge in [0.25, 0.3) is 5.69 Å². The molecule has 1 aromatic carbocycles. The van der Waals surface area contributed by atoms with E-state index >= 15 is 0 Å². The summed E-state index contributed by atoms with van der Waals surface area (Å²) in [5, 5.41) is 13.9. The van der Waals surface area contributed by atoms with E-state index in [1.807, 2.05) is 6.07 Å². The van der Waals surface area contributed by atoms with Crippen molar-refractivity contribution >= 4 is 11.4 Å². The molecule has 1 aliphatic heterocycles. The first-order chi connectivity index (χ1) is 8.16. The molecule has 0 bridgehead atoms. The largest absolute Gasteiger partial charge is 0.383 e. The number of rotatable bonds is 4. The second-order valence-corrected chi connectivity index (χ2v) is 4.46. The molecule has 5 nitrogen and oxygen atoms in total. The number of anilines is 1. The number of benzene rings is 1. The van der Waals surface area contributed by atoms with Crippen LogP contribution in [0.1, 0.15) is 12.8 Å². The molecule has 0 saturated carbocycles. The van der Waals surface area contributed by atoms with Crippen LogP contribution in [0, 0.1) is 10.1 Å². The summed E-state index contributed by atoms with van der Waals surface area (Å²) < 4.78 is 0. The number of nitrogens with one attached hydrogen (secondary N) is 1. The van der Waals surface area contributed by atoms with Crippen molar-refractivity contribution in [1.29, 1.82) is 0 Å². The van der Waals surface area contributed by atoms with Gasteiger partial charge in [0.15, 0.2) is 0 Å². The number of non-ortho nitro benzene ring substituents is 1. The van der Waals surface area contributed by atoms with Crippen molar-refractivity contribution in [2.24, 2.45) is 0 Å². The van der Waals surface area contributed by atoms with Crippen LogP contribution in [0.3, 0.4) is 0 Å². The number of likely N-dealkylation sites (tertiary alicyclic amines) is 1. The molecule has 2 rings (SSSR count). The maximum atomic E-state index is 10.6. The van der Waals surface area contributed by atoms with Gasteiger partial charge in [0, 0.05) is 30.4 Å². The smallest absolute Gasteiger partial charge is 0.271 e. The van der Waals surface area contributed by atoms with Gasteiger partial charge in [-0.2, -0.15) is 0 Å². The van der Waals surface area contributed by atoms with Crippen molar-refractivity contribution < 1.29 is 4.92 Å². The molecule has 1 saturated heterocycles. The summed E-state index contributed by atoms with van der Waals surface area (Å²) >= 11 is 0. The van der Waals surface area contributed by atoms with Gasteiger partial charge >= 0.3 is 0 Å². The van der Waals surface area contributed by atoms with Crippen LogP contribution in [-0.2, 0) is 0 Å². The average molecular weight is 235 g/mol. The number of hydrogen-bond acceptors (Lipinski definition) is 4. The van der Waals surface area contributed by atoms with Crippen LogP contribution in [0.25, 0.3) is 0 Å². The zero-order valence-corrected chi connectivity index (χ0v) is 9.93. The molecular formula is C12H17N3O2. The van der Waals surface area contributed by atoms with E-state index in [1.165, 1.54) is 18.9 Å². The summed E-state index contributed by atoms with van der Waals surface area (Å²) in [7, 11) is 2.12. The molecule has 92 valence electrons. The van der Waals surface area contributed by atoms with Crippen LogP contribution in [0.5, 0.6) is 0 Å². The van der Waals surface area contributed by atoms with Crippen LogP contribution in [0.4, 0.5) is 11.4 Å². The Morgan fingerprint density at radius 1 is 1.59 bits per heavy atom. The molecule has 5 heteroatoms. The molecule has 1 fully saturated rings. The fourth-order valence-corrected chi connectivity index (χ4v) is 2.20.